The van der Waals surface area contributed by atoms with E-state index >= 15 is 0 Å². The van der Waals surface area contributed by atoms with E-state index in [1.165, 1.54) is 0 Å². The van der Waals surface area contributed by atoms with E-state index in [2.05, 4.69) is 10.3 Å². The smallest absolute Gasteiger partial charge is 0.287 e. The molecule has 1 amide bonds. The number of benzene rings is 1. The van der Waals surface area contributed by atoms with Crippen molar-refractivity contribution >= 4 is 23.3 Å². The van der Waals surface area contributed by atoms with Gasteiger partial charge in [-0.15, -0.1) is 0 Å². The highest BCUT2D eigenvalue weighted by molar-refractivity contribution is 6.36. The monoisotopic (exact) mass is 372 g/mol. The van der Waals surface area contributed by atoms with E-state index in [9.17, 15) is 9.59 Å². The number of nitrogens with one attached hydrogen (secondary N) is 1. The van der Waals surface area contributed by atoms with E-state index in [0.29, 0.717) is 17.9 Å². The lowest BCUT2D eigenvalue weighted by molar-refractivity contribution is -0.140. The second kappa shape index (κ2) is 7.87. The SMILES string of the molecule is CC[C@@H](C)C(=O)C(=O)NC[C@@H]1Cc2cc(Cl)cc(-c3ccncc3)c2O1. The fourth-order valence-corrected chi connectivity index (χ4v) is 3.20. The minimum Gasteiger partial charge on any atom is -0.487 e. The quantitative estimate of drug-likeness (QED) is 0.789. The zero-order chi connectivity index (χ0) is 18.7. The molecule has 3 rings (SSSR count). The van der Waals surface area contributed by atoms with Crippen LogP contribution in [0.2, 0.25) is 5.02 Å². The predicted molar refractivity (Wildman–Crippen MR) is 100 cm³/mol. The van der Waals surface area contributed by atoms with E-state index in [1.807, 2.05) is 31.2 Å². The number of nitrogens with zero attached hydrogens (tertiary/aromatic N) is 1. The number of aromatic nitrogens is 1. The predicted octanol–water partition coefficient (Wildman–Crippen LogP) is 3.44. The summed E-state index contributed by atoms with van der Waals surface area (Å²) >= 11 is 6.26. The Morgan fingerprint density at radius 1 is 1.35 bits per heavy atom. The molecule has 2 aromatic rings. The number of ether oxygens (including phenoxy) is 1. The molecule has 0 saturated heterocycles. The van der Waals surface area contributed by atoms with Gasteiger partial charge in [0.2, 0.25) is 5.78 Å². The molecule has 1 aromatic heterocycles. The average molecular weight is 373 g/mol. The lowest BCUT2D eigenvalue weighted by Crippen LogP contribution is -2.40. The third-order valence-corrected chi connectivity index (χ3v) is 4.85. The normalized spacial score (nSPS) is 16.5. The van der Waals surface area contributed by atoms with Gasteiger partial charge in [0.15, 0.2) is 0 Å². The van der Waals surface area contributed by atoms with Crippen molar-refractivity contribution < 1.29 is 14.3 Å². The standard InChI is InChI=1S/C20H21ClN2O3/c1-3-12(2)18(24)20(25)23-11-16-9-14-8-15(21)10-17(19(14)26-16)13-4-6-22-7-5-13/h4-8,10,12,16H,3,9,11H2,1-2H3,(H,23,25)/t12-,16+/m1/s1. The summed E-state index contributed by atoms with van der Waals surface area (Å²) in [6.07, 6.45) is 4.49. The Bertz CT molecular complexity index is 823. The number of fused-ring (bicyclic) bond motifs is 1. The van der Waals surface area contributed by atoms with Gasteiger partial charge in [-0.1, -0.05) is 25.4 Å². The van der Waals surface area contributed by atoms with Crippen LogP contribution < -0.4 is 10.1 Å². The first-order valence-electron chi connectivity index (χ1n) is 8.71. The second-order valence-corrected chi connectivity index (χ2v) is 6.94. The Morgan fingerprint density at radius 3 is 2.77 bits per heavy atom. The third-order valence-electron chi connectivity index (χ3n) is 4.63. The topological polar surface area (TPSA) is 68.3 Å². The van der Waals surface area contributed by atoms with Crippen LogP contribution in [0.5, 0.6) is 5.75 Å². The van der Waals surface area contributed by atoms with Crippen molar-refractivity contribution in [2.45, 2.75) is 32.8 Å². The van der Waals surface area contributed by atoms with Crippen molar-refractivity contribution in [2.24, 2.45) is 5.92 Å². The number of carbonyl (C=O) groups is 2. The molecule has 2 atom stereocenters. The van der Waals surface area contributed by atoms with Gasteiger partial charge in [-0.3, -0.25) is 14.6 Å². The number of hydrogen-bond acceptors (Lipinski definition) is 4. The van der Waals surface area contributed by atoms with Gasteiger partial charge in [0, 0.05) is 40.9 Å². The van der Waals surface area contributed by atoms with Crippen molar-refractivity contribution in [3.05, 3.63) is 47.2 Å². The number of pyridine rings is 1. The highest BCUT2D eigenvalue weighted by Gasteiger charge is 2.28. The minimum atomic E-state index is -0.550. The van der Waals surface area contributed by atoms with Gasteiger partial charge < -0.3 is 10.1 Å². The molecule has 0 aliphatic carbocycles. The lowest BCUT2D eigenvalue weighted by atomic mass is 10.0. The van der Waals surface area contributed by atoms with Crippen LogP contribution in [0.4, 0.5) is 0 Å². The Balaban J connectivity index is 1.71. The number of amides is 1. The van der Waals surface area contributed by atoms with Gasteiger partial charge >= 0.3 is 0 Å². The summed E-state index contributed by atoms with van der Waals surface area (Å²) in [5.74, 6) is -0.434. The van der Waals surface area contributed by atoms with Crippen molar-refractivity contribution in [3.63, 3.8) is 0 Å². The van der Waals surface area contributed by atoms with Gasteiger partial charge in [0.1, 0.15) is 11.9 Å². The molecule has 0 fully saturated rings. The van der Waals surface area contributed by atoms with Crippen molar-refractivity contribution in [2.75, 3.05) is 6.54 Å². The largest absolute Gasteiger partial charge is 0.487 e. The van der Waals surface area contributed by atoms with Crippen molar-refractivity contribution in [1.29, 1.82) is 0 Å². The van der Waals surface area contributed by atoms with Gasteiger partial charge in [0.05, 0.1) is 6.54 Å². The maximum Gasteiger partial charge on any atom is 0.287 e. The Hall–Kier alpha value is -2.40. The van der Waals surface area contributed by atoms with E-state index < -0.39 is 5.91 Å². The van der Waals surface area contributed by atoms with Crippen LogP contribution in [0, 0.1) is 5.92 Å². The number of carbonyl (C=O) groups excluding carboxylic acids is 2. The maximum absolute atomic E-state index is 12.0. The number of rotatable bonds is 6. The highest BCUT2D eigenvalue weighted by atomic mass is 35.5. The molecule has 5 nitrogen and oxygen atoms in total. The first-order chi connectivity index (χ1) is 12.5. The molecule has 6 heteroatoms. The van der Waals surface area contributed by atoms with E-state index in [-0.39, 0.29) is 24.3 Å². The summed E-state index contributed by atoms with van der Waals surface area (Å²) in [5, 5.41) is 3.33. The number of Topliss-reactive ketones (excluding diaryl/α,β-unsaturated/α-hetero) is 1. The highest BCUT2D eigenvalue weighted by Crippen LogP contribution is 2.40. The summed E-state index contributed by atoms with van der Waals surface area (Å²) in [6, 6.07) is 7.54. The zero-order valence-corrected chi connectivity index (χ0v) is 15.5. The Kier molecular flexibility index (Phi) is 5.57. The maximum atomic E-state index is 12.0. The van der Waals surface area contributed by atoms with Gasteiger partial charge in [0.25, 0.3) is 5.91 Å². The molecule has 0 spiro atoms. The Labute approximate surface area is 157 Å². The van der Waals surface area contributed by atoms with Crippen LogP contribution in [0.15, 0.2) is 36.7 Å². The van der Waals surface area contributed by atoms with Crippen LogP contribution in [0.1, 0.15) is 25.8 Å². The molecule has 1 aliphatic heterocycles. The van der Waals surface area contributed by atoms with E-state index in [4.69, 9.17) is 16.3 Å². The first kappa shape index (κ1) is 18.4. The van der Waals surface area contributed by atoms with Crippen LogP contribution in [-0.4, -0.2) is 29.3 Å². The zero-order valence-electron chi connectivity index (χ0n) is 14.8. The number of hydrogen-bond donors (Lipinski definition) is 1. The van der Waals surface area contributed by atoms with Crippen molar-refractivity contribution in [1.82, 2.24) is 10.3 Å². The molecule has 1 aliphatic rings. The third kappa shape index (κ3) is 3.88. The lowest BCUT2D eigenvalue weighted by Gasteiger charge is -2.14. The summed E-state index contributed by atoms with van der Waals surface area (Å²) in [5.41, 5.74) is 2.87. The van der Waals surface area contributed by atoms with E-state index in [1.54, 1.807) is 19.3 Å². The molecule has 2 heterocycles. The van der Waals surface area contributed by atoms with Gasteiger partial charge in [-0.25, -0.2) is 0 Å². The van der Waals surface area contributed by atoms with Crippen LogP contribution in [-0.2, 0) is 16.0 Å². The molecule has 26 heavy (non-hydrogen) atoms. The molecular formula is C20H21ClN2O3. The second-order valence-electron chi connectivity index (χ2n) is 6.51. The molecule has 1 aromatic carbocycles. The molecule has 1 N–H and O–H groups in total. The molecular weight excluding hydrogens is 352 g/mol. The summed E-state index contributed by atoms with van der Waals surface area (Å²) in [6.45, 7) is 3.92. The van der Waals surface area contributed by atoms with Crippen LogP contribution in [0.25, 0.3) is 11.1 Å². The molecule has 0 radical (unpaired) electrons. The van der Waals surface area contributed by atoms with Gasteiger partial charge in [-0.05, 0) is 36.2 Å². The number of halogens is 1. The molecule has 0 unspecified atom stereocenters. The summed E-state index contributed by atoms with van der Waals surface area (Å²) in [7, 11) is 0. The fraction of sp³-hybridized carbons (Fsp3) is 0.350. The first-order valence-corrected chi connectivity index (χ1v) is 9.09. The summed E-state index contributed by atoms with van der Waals surface area (Å²) < 4.78 is 6.06. The molecule has 0 bridgehead atoms. The minimum absolute atomic E-state index is 0.224. The van der Waals surface area contributed by atoms with Crippen LogP contribution in [0.3, 0.4) is 0 Å². The van der Waals surface area contributed by atoms with Gasteiger partial charge in [-0.2, -0.15) is 0 Å². The van der Waals surface area contributed by atoms with Crippen molar-refractivity contribution in [3.8, 4) is 16.9 Å². The Morgan fingerprint density at radius 2 is 2.08 bits per heavy atom. The summed E-state index contributed by atoms with van der Waals surface area (Å²) in [4.78, 5) is 27.9. The van der Waals surface area contributed by atoms with E-state index in [0.717, 1.165) is 22.4 Å². The average Bonchev–Trinajstić information content (AvgIpc) is 3.07. The van der Waals surface area contributed by atoms with Crippen LogP contribution >= 0.6 is 11.6 Å². The molecule has 136 valence electrons. The number of ketones is 1. The molecule has 0 saturated carbocycles. The fourth-order valence-electron chi connectivity index (χ4n) is 2.96.